The van der Waals surface area contributed by atoms with Gasteiger partial charge in [-0.05, 0) is 6.92 Å². The van der Waals surface area contributed by atoms with Crippen LogP contribution < -0.4 is 0 Å². The molecule has 0 aliphatic rings. The normalized spacial score (nSPS) is 9.00. The van der Waals surface area contributed by atoms with Gasteiger partial charge in [0, 0.05) is 6.07 Å². The smallest absolute Gasteiger partial charge is 0.258 e. The van der Waals surface area contributed by atoms with Gasteiger partial charge in [-0.3, -0.25) is 15.1 Å². The van der Waals surface area contributed by atoms with E-state index in [9.17, 15) is 10.1 Å². The second kappa shape index (κ2) is 2.96. The molecule has 60 valence electrons. The third kappa shape index (κ3) is 1.37. The zero-order chi connectivity index (χ0) is 9.14. The van der Waals surface area contributed by atoms with E-state index in [1.165, 1.54) is 6.07 Å². The number of nitriles is 1. The van der Waals surface area contributed by atoms with E-state index in [4.69, 9.17) is 5.26 Å². The second-order valence-corrected chi connectivity index (χ2v) is 2.20. The molecule has 0 N–H and O–H groups in total. The number of hydrogen-bond acceptors (Lipinski definition) is 4. The Morgan fingerprint density at radius 3 is 2.92 bits per heavy atom. The van der Waals surface area contributed by atoms with Gasteiger partial charge in [-0.25, -0.2) is 0 Å². The number of aryl methyl sites for hydroxylation is 1. The molecule has 0 spiro atoms. The van der Waals surface area contributed by atoms with Crippen LogP contribution in [-0.4, -0.2) is 9.91 Å². The van der Waals surface area contributed by atoms with Crippen molar-refractivity contribution in [3.8, 4) is 6.07 Å². The molecule has 0 bridgehead atoms. The molecule has 0 radical (unpaired) electrons. The van der Waals surface area contributed by atoms with E-state index in [1.54, 1.807) is 6.92 Å². The Labute approximate surface area is 68.4 Å². The highest BCUT2D eigenvalue weighted by Gasteiger charge is 2.08. The maximum atomic E-state index is 10.2. The van der Waals surface area contributed by atoms with Gasteiger partial charge in [-0.2, -0.15) is 5.26 Å². The molecule has 0 aromatic carbocycles. The molecule has 0 fully saturated rings. The molecule has 5 heteroatoms. The summed E-state index contributed by atoms with van der Waals surface area (Å²) < 4.78 is 0. The van der Waals surface area contributed by atoms with Gasteiger partial charge in [0.25, 0.3) is 5.69 Å². The van der Waals surface area contributed by atoms with Gasteiger partial charge in [0.15, 0.2) is 0 Å². The van der Waals surface area contributed by atoms with Crippen LogP contribution in [-0.2, 0) is 0 Å². The van der Waals surface area contributed by atoms with E-state index >= 15 is 0 Å². The van der Waals surface area contributed by atoms with Gasteiger partial charge in [0.1, 0.15) is 12.3 Å². The Kier molecular flexibility index (Phi) is 2.01. The molecule has 1 aromatic rings. The van der Waals surface area contributed by atoms with Crippen LogP contribution in [0.25, 0.3) is 0 Å². The van der Waals surface area contributed by atoms with Crippen molar-refractivity contribution in [3.05, 3.63) is 33.6 Å². The first-order chi connectivity index (χ1) is 5.65. The standard InChI is InChI=1S/C7H5N3O2/c1-5-6(3-8)2-7(4-9-5)10(11)12/h2,4H,1H3. The quantitative estimate of drug-likeness (QED) is 0.459. The van der Waals surface area contributed by atoms with E-state index in [-0.39, 0.29) is 11.3 Å². The SMILES string of the molecule is Cc1ncc([N+](=O)[O-])cc1C#N. The number of pyridine rings is 1. The zero-order valence-corrected chi connectivity index (χ0v) is 6.31. The number of nitrogens with zero attached hydrogens (tertiary/aromatic N) is 3. The maximum absolute atomic E-state index is 10.2. The number of nitro groups is 1. The van der Waals surface area contributed by atoms with Crippen molar-refractivity contribution < 1.29 is 4.92 Å². The molecule has 1 rings (SSSR count). The number of rotatable bonds is 1. The Bertz CT molecular complexity index is 367. The topological polar surface area (TPSA) is 79.8 Å². The Morgan fingerprint density at radius 2 is 2.42 bits per heavy atom. The second-order valence-electron chi connectivity index (χ2n) is 2.20. The molecule has 0 unspecified atom stereocenters. The number of hydrogen-bond donors (Lipinski definition) is 0. The fourth-order valence-corrected chi connectivity index (χ4v) is 0.735. The summed E-state index contributed by atoms with van der Waals surface area (Å²) in [4.78, 5) is 13.4. The molecule has 0 saturated carbocycles. The third-order valence-electron chi connectivity index (χ3n) is 1.40. The third-order valence-corrected chi connectivity index (χ3v) is 1.40. The van der Waals surface area contributed by atoms with Crippen molar-refractivity contribution in [2.45, 2.75) is 6.92 Å². The fourth-order valence-electron chi connectivity index (χ4n) is 0.735. The largest absolute Gasteiger partial charge is 0.288 e. The van der Waals surface area contributed by atoms with Crippen LogP contribution in [0.5, 0.6) is 0 Å². The highest BCUT2D eigenvalue weighted by atomic mass is 16.6. The lowest BCUT2D eigenvalue weighted by molar-refractivity contribution is -0.385. The first-order valence-corrected chi connectivity index (χ1v) is 3.16. The van der Waals surface area contributed by atoms with E-state index in [1.807, 2.05) is 6.07 Å². The van der Waals surface area contributed by atoms with Crippen molar-refractivity contribution in [2.75, 3.05) is 0 Å². The molecule has 12 heavy (non-hydrogen) atoms. The molecule has 0 aliphatic carbocycles. The van der Waals surface area contributed by atoms with E-state index < -0.39 is 4.92 Å². The van der Waals surface area contributed by atoms with Crippen molar-refractivity contribution in [2.24, 2.45) is 0 Å². The monoisotopic (exact) mass is 163 g/mol. The summed E-state index contributed by atoms with van der Waals surface area (Å²) in [7, 11) is 0. The molecular weight excluding hydrogens is 158 g/mol. The summed E-state index contributed by atoms with van der Waals surface area (Å²) in [5.74, 6) is 0. The van der Waals surface area contributed by atoms with Crippen LogP contribution in [0.1, 0.15) is 11.3 Å². The lowest BCUT2D eigenvalue weighted by atomic mass is 10.2. The summed E-state index contributed by atoms with van der Waals surface area (Å²) in [5.41, 5.74) is 0.587. The van der Waals surface area contributed by atoms with Crippen LogP contribution in [0.2, 0.25) is 0 Å². The highest BCUT2D eigenvalue weighted by molar-refractivity contribution is 5.40. The maximum Gasteiger partial charge on any atom is 0.288 e. The van der Waals surface area contributed by atoms with E-state index in [0.717, 1.165) is 6.20 Å². The first-order valence-electron chi connectivity index (χ1n) is 3.16. The molecule has 1 heterocycles. The minimum absolute atomic E-state index is 0.155. The first kappa shape index (κ1) is 8.14. The van der Waals surface area contributed by atoms with Crippen molar-refractivity contribution in [1.29, 1.82) is 5.26 Å². The Balaban J connectivity index is 3.25. The Morgan fingerprint density at radius 1 is 1.75 bits per heavy atom. The fraction of sp³-hybridized carbons (Fsp3) is 0.143. The van der Waals surface area contributed by atoms with Crippen LogP contribution in [0.15, 0.2) is 12.3 Å². The van der Waals surface area contributed by atoms with Gasteiger partial charge in [0.05, 0.1) is 16.2 Å². The van der Waals surface area contributed by atoms with Crippen LogP contribution in [0, 0.1) is 28.4 Å². The average molecular weight is 163 g/mol. The summed E-state index contributed by atoms with van der Waals surface area (Å²) in [5, 5.41) is 18.7. The van der Waals surface area contributed by atoms with Gasteiger partial charge >= 0.3 is 0 Å². The van der Waals surface area contributed by atoms with Gasteiger partial charge in [-0.1, -0.05) is 0 Å². The molecule has 0 atom stereocenters. The molecule has 0 saturated heterocycles. The van der Waals surface area contributed by atoms with Crippen molar-refractivity contribution >= 4 is 5.69 Å². The minimum atomic E-state index is -0.576. The van der Waals surface area contributed by atoms with Crippen LogP contribution in [0.4, 0.5) is 5.69 Å². The van der Waals surface area contributed by atoms with E-state index in [0.29, 0.717) is 5.69 Å². The zero-order valence-electron chi connectivity index (χ0n) is 6.31. The van der Waals surface area contributed by atoms with Crippen molar-refractivity contribution in [3.63, 3.8) is 0 Å². The molecular formula is C7H5N3O2. The molecule has 0 amide bonds. The summed E-state index contributed by atoms with van der Waals surface area (Å²) in [6, 6.07) is 3.03. The predicted molar refractivity (Wildman–Crippen MR) is 40.3 cm³/mol. The molecule has 0 aliphatic heterocycles. The molecule has 5 nitrogen and oxygen atoms in total. The predicted octanol–water partition coefficient (Wildman–Crippen LogP) is 1.17. The average Bonchev–Trinajstić information content (AvgIpc) is 2.05. The minimum Gasteiger partial charge on any atom is -0.258 e. The summed E-state index contributed by atoms with van der Waals surface area (Å²) in [6.07, 6.45) is 1.14. The lowest BCUT2D eigenvalue weighted by Gasteiger charge is -1.94. The van der Waals surface area contributed by atoms with Gasteiger partial charge < -0.3 is 0 Å². The van der Waals surface area contributed by atoms with Crippen molar-refractivity contribution in [1.82, 2.24) is 4.98 Å². The van der Waals surface area contributed by atoms with Crippen LogP contribution in [0.3, 0.4) is 0 Å². The van der Waals surface area contributed by atoms with E-state index in [2.05, 4.69) is 4.98 Å². The molecule has 1 aromatic heterocycles. The van der Waals surface area contributed by atoms with Crippen LogP contribution >= 0.6 is 0 Å². The number of aromatic nitrogens is 1. The summed E-state index contributed by atoms with van der Waals surface area (Å²) in [6.45, 7) is 1.63. The van der Waals surface area contributed by atoms with Gasteiger partial charge in [0.2, 0.25) is 0 Å². The summed E-state index contributed by atoms with van der Waals surface area (Å²) >= 11 is 0. The lowest BCUT2D eigenvalue weighted by Crippen LogP contribution is -1.93. The Hall–Kier alpha value is -1.96. The van der Waals surface area contributed by atoms with Gasteiger partial charge in [-0.15, -0.1) is 0 Å². The highest BCUT2D eigenvalue weighted by Crippen LogP contribution is 2.12.